The second-order valence-electron chi connectivity index (χ2n) is 4.77. The zero-order valence-electron chi connectivity index (χ0n) is 9.62. The Bertz CT molecular complexity index is 497. The van der Waals surface area contributed by atoms with Crippen LogP contribution in [-0.2, 0) is 5.41 Å². The lowest BCUT2D eigenvalue weighted by atomic mass is 9.98. The van der Waals surface area contributed by atoms with Gasteiger partial charge in [0.05, 0.1) is 10.7 Å². The molecule has 0 unspecified atom stereocenters. The fourth-order valence-electron chi connectivity index (χ4n) is 1.41. The third-order valence-electron chi connectivity index (χ3n) is 2.30. The fourth-order valence-corrected chi connectivity index (χ4v) is 2.55. The molecule has 2 rings (SSSR count). The van der Waals surface area contributed by atoms with Gasteiger partial charge in [-0.25, -0.2) is 4.98 Å². The first-order valence-electron chi connectivity index (χ1n) is 5.19. The lowest BCUT2D eigenvalue weighted by Crippen LogP contribution is -2.10. The van der Waals surface area contributed by atoms with E-state index in [0.29, 0.717) is 0 Å². The molecule has 0 saturated carbocycles. The van der Waals surface area contributed by atoms with Crippen molar-refractivity contribution in [2.24, 2.45) is 0 Å². The molecule has 0 aliphatic carbocycles. The zero-order valence-corrected chi connectivity index (χ0v) is 11.2. The number of hydrogen-bond acceptors (Lipinski definition) is 2. The second-order valence-corrected chi connectivity index (χ2v) is 6.03. The Balaban J connectivity index is 2.44. The Morgan fingerprint density at radius 1 is 1.19 bits per heavy atom. The number of nitrogens with zero attached hydrogens (tertiary/aromatic N) is 1. The van der Waals surface area contributed by atoms with Crippen molar-refractivity contribution >= 4 is 22.9 Å². The zero-order chi connectivity index (χ0) is 11.8. The first-order chi connectivity index (χ1) is 7.48. The monoisotopic (exact) mass is 251 g/mol. The average molecular weight is 252 g/mol. The van der Waals surface area contributed by atoms with Gasteiger partial charge in [0.25, 0.3) is 0 Å². The molecule has 1 aromatic carbocycles. The van der Waals surface area contributed by atoms with Crippen LogP contribution in [0.15, 0.2) is 29.6 Å². The van der Waals surface area contributed by atoms with Crippen LogP contribution >= 0.6 is 22.9 Å². The number of benzene rings is 1. The molecule has 3 heteroatoms. The predicted molar refractivity (Wildman–Crippen MR) is 71.3 cm³/mol. The summed E-state index contributed by atoms with van der Waals surface area (Å²) in [4.78, 5) is 4.65. The fraction of sp³-hybridized carbons (Fsp3) is 0.308. The van der Waals surface area contributed by atoms with E-state index in [1.807, 2.05) is 24.3 Å². The van der Waals surface area contributed by atoms with Gasteiger partial charge in [-0.15, -0.1) is 11.3 Å². The molecule has 2 aromatic rings. The number of thiazole rings is 1. The SMILES string of the molecule is CC(C)(C)c1nc(-c2ccccc2Cl)cs1. The minimum atomic E-state index is 0.101. The minimum Gasteiger partial charge on any atom is -0.241 e. The van der Waals surface area contributed by atoms with Gasteiger partial charge in [0, 0.05) is 21.4 Å². The van der Waals surface area contributed by atoms with E-state index < -0.39 is 0 Å². The molecule has 0 fully saturated rings. The lowest BCUT2D eigenvalue weighted by molar-refractivity contribution is 0.586. The second kappa shape index (κ2) is 4.19. The Labute approximate surface area is 105 Å². The van der Waals surface area contributed by atoms with Crippen molar-refractivity contribution in [1.29, 1.82) is 0 Å². The summed E-state index contributed by atoms with van der Waals surface area (Å²) in [7, 11) is 0. The number of aromatic nitrogens is 1. The molecule has 0 aliphatic rings. The molecule has 1 aromatic heterocycles. The van der Waals surface area contributed by atoms with E-state index in [4.69, 9.17) is 11.6 Å². The largest absolute Gasteiger partial charge is 0.241 e. The van der Waals surface area contributed by atoms with Crippen LogP contribution in [0.3, 0.4) is 0 Å². The van der Waals surface area contributed by atoms with Gasteiger partial charge < -0.3 is 0 Å². The summed E-state index contributed by atoms with van der Waals surface area (Å²) in [5, 5.41) is 3.97. The summed E-state index contributed by atoms with van der Waals surface area (Å²) in [6.45, 7) is 6.51. The van der Waals surface area contributed by atoms with Gasteiger partial charge in [-0.1, -0.05) is 50.6 Å². The lowest BCUT2D eigenvalue weighted by Gasteiger charge is -2.13. The predicted octanol–water partition coefficient (Wildman–Crippen LogP) is 4.76. The third-order valence-corrected chi connectivity index (χ3v) is 3.89. The van der Waals surface area contributed by atoms with Gasteiger partial charge in [-0.2, -0.15) is 0 Å². The molecule has 0 aliphatic heterocycles. The molecule has 0 atom stereocenters. The molecular formula is C13H14ClNS. The van der Waals surface area contributed by atoms with Gasteiger partial charge in [0.15, 0.2) is 0 Å². The molecular weight excluding hydrogens is 238 g/mol. The quantitative estimate of drug-likeness (QED) is 0.712. The molecule has 0 radical (unpaired) electrons. The summed E-state index contributed by atoms with van der Waals surface area (Å²) in [5.74, 6) is 0. The highest BCUT2D eigenvalue weighted by molar-refractivity contribution is 7.10. The smallest absolute Gasteiger partial charge is 0.0986 e. The maximum Gasteiger partial charge on any atom is 0.0986 e. The molecule has 0 spiro atoms. The van der Waals surface area contributed by atoms with Crippen molar-refractivity contribution < 1.29 is 0 Å². The molecule has 1 heterocycles. The normalized spacial score (nSPS) is 11.8. The molecule has 84 valence electrons. The Hall–Kier alpha value is -0.860. The molecule has 0 bridgehead atoms. The van der Waals surface area contributed by atoms with Crippen LogP contribution in [0.25, 0.3) is 11.3 Å². The van der Waals surface area contributed by atoms with E-state index in [1.54, 1.807) is 11.3 Å². The van der Waals surface area contributed by atoms with E-state index in [2.05, 4.69) is 31.1 Å². The summed E-state index contributed by atoms with van der Waals surface area (Å²) >= 11 is 7.84. The summed E-state index contributed by atoms with van der Waals surface area (Å²) in [6, 6.07) is 7.82. The van der Waals surface area contributed by atoms with E-state index in [-0.39, 0.29) is 5.41 Å². The summed E-state index contributed by atoms with van der Waals surface area (Å²) in [5.41, 5.74) is 2.08. The van der Waals surface area contributed by atoms with Crippen molar-refractivity contribution in [3.63, 3.8) is 0 Å². The van der Waals surface area contributed by atoms with Crippen LogP contribution in [-0.4, -0.2) is 4.98 Å². The molecule has 1 nitrogen and oxygen atoms in total. The van der Waals surface area contributed by atoms with Gasteiger partial charge in [0.2, 0.25) is 0 Å². The topological polar surface area (TPSA) is 12.9 Å². The minimum absolute atomic E-state index is 0.101. The van der Waals surface area contributed by atoms with Gasteiger partial charge in [0.1, 0.15) is 0 Å². The van der Waals surface area contributed by atoms with Crippen molar-refractivity contribution in [3.8, 4) is 11.3 Å². The van der Waals surface area contributed by atoms with Crippen molar-refractivity contribution in [2.75, 3.05) is 0 Å². The molecule has 0 amide bonds. The number of hydrogen-bond donors (Lipinski definition) is 0. The van der Waals surface area contributed by atoms with E-state index >= 15 is 0 Å². The van der Waals surface area contributed by atoms with Gasteiger partial charge >= 0.3 is 0 Å². The van der Waals surface area contributed by atoms with Crippen molar-refractivity contribution in [1.82, 2.24) is 4.98 Å². The van der Waals surface area contributed by atoms with Crippen LogP contribution in [0.1, 0.15) is 25.8 Å². The number of halogens is 1. The molecule has 16 heavy (non-hydrogen) atoms. The number of rotatable bonds is 1. The molecule has 0 saturated heterocycles. The van der Waals surface area contributed by atoms with Gasteiger partial charge in [-0.05, 0) is 6.07 Å². The van der Waals surface area contributed by atoms with E-state index in [1.165, 1.54) is 0 Å². The third kappa shape index (κ3) is 2.28. The Kier molecular flexibility index (Phi) is 3.04. The Morgan fingerprint density at radius 2 is 1.88 bits per heavy atom. The Morgan fingerprint density at radius 3 is 2.44 bits per heavy atom. The average Bonchev–Trinajstić information content (AvgIpc) is 2.66. The van der Waals surface area contributed by atoms with Crippen LogP contribution in [0, 0.1) is 0 Å². The summed E-state index contributed by atoms with van der Waals surface area (Å²) < 4.78 is 0. The van der Waals surface area contributed by atoms with Crippen LogP contribution in [0.5, 0.6) is 0 Å². The highest BCUT2D eigenvalue weighted by Crippen LogP contribution is 2.32. The van der Waals surface area contributed by atoms with Crippen molar-refractivity contribution in [3.05, 3.63) is 39.7 Å². The summed E-state index contributed by atoms with van der Waals surface area (Å²) in [6.07, 6.45) is 0. The molecule has 0 N–H and O–H groups in total. The maximum atomic E-state index is 6.15. The van der Waals surface area contributed by atoms with E-state index in [9.17, 15) is 0 Å². The highest BCUT2D eigenvalue weighted by Gasteiger charge is 2.18. The van der Waals surface area contributed by atoms with Gasteiger partial charge in [-0.3, -0.25) is 0 Å². The van der Waals surface area contributed by atoms with E-state index in [0.717, 1.165) is 21.3 Å². The maximum absolute atomic E-state index is 6.15. The highest BCUT2D eigenvalue weighted by atomic mass is 35.5. The van der Waals surface area contributed by atoms with Crippen molar-refractivity contribution in [2.45, 2.75) is 26.2 Å². The first kappa shape index (κ1) is 11.6. The van der Waals surface area contributed by atoms with Crippen LogP contribution < -0.4 is 0 Å². The standard InChI is InChI=1S/C13H14ClNS/c1-13(2,3)12-15-11(8-16-12)9-6-4-5-7-10(9)14/h4-8H,1-3H3. The first-order valence-corrected chi connectivity index (χ1v) is 6.45. The van der Waals surface area contributed by atoms with Crippen LogP contribution in [0.4, 0.5) is 0 Å². The van der Waals surface area contributed by atoms with Crippen LogP contribution in [0.2, 0.25) is 5.02 Å².